The molecule has 0 saturated carbocycles. The Balaban J connectivity index is 2.11. The average molecular weight is 353 g/mol. The minimum Gasteiger partial charge on any atom is -0.508 e. The molecule has 4 rings (SSSR count). The first kappa shape index (κ1) is 16.0. The highest BCUT2D eigenvalue weighted by molar-refractivity contribution is 6.28. The van der Waals surface area contributed by atoms with Crippen molar-refractivity contribution >= 4 is 22.7 Å². The number of aromatic nitrogens is 1. The van der Waals surface area contributed by atoms with Crippen molar-refractivity contribution in [3.63, 3.8) is 0 Å². The molecule has 2 aromatic carbocycles. The number of carbonyl (C=O) groups is 2. The minimum absolute atomic E-state index is 0.00620. The fourth-order valence-electron chi connectivity index (χ4n) is 3.55. The van der Waals surface area contributed by atoms with Crippen molar-refractivity contribution < 1.29 is 29.3 Å². The van der Waals surface area contributed by atoms with Gasteiger partial charge in [0.1, 0.15) is 12.3 Å². The largest absolute Gasteiger partial charge is 0.508 e. The number of methoxy groups -OCH3 is 2. The zero-order valence-electron chi connectivity index (χ0n) is 14.1. The van der Waals surface area contributed by atoms with Gasteiger partial charge < -0.3 is 24.3 Å². The minimum atomic E-state index is -1.03. The Labute approximate surface area is 148 Å². The van der Waals surface area contributed by atoms with Crippen LogP contribution in [-0.2, 0) is 11.3 Å². The molecular formula is C19H15NO6. The van der Waals surface area contributed by atoms with Crippen molar-refractivity contribution in [3.8, 4) is 28.5 Å². The smallest absolute Gasteiger partial charge is 0.323 e. The Kier molecular flexibility index (Phi) is 3.40. The van der Waals surface area contributed by atoms with Crippen LogP contribution in [0.1, 0.15) is 15.9 Å². The number of nitrogens with zero attached hydrogens (tertiary/aromatic N) is 1. The third-order valence-corrected chi connectivity index (χ3v) is 4.59. The number of aromatic hydroxyl groups is 1. The number of benzene rings is 2. The molecule has 0 saturated heterocycles. The second kappa shape index (κ2) is 5.52. The highest BCUT2D eigenvalue weighted by Gasteiger charge is 2.35. The number of hydrogen-bond acceptors (Lipinski definition) is 5. The third kappa shape index (κ3) is 2.07. The van der Waals surface area contributed by atoms with E-state index < -0.39 is 5.97 Å². The predicted octanol–water partition coefficient (Wildman–Crippen LogP) is 2.66. The summed E-state index contributed by atoms with van der Waals surface area (Å²) in [7, 11) is 2.97. The Morgan fingerprint density at radius 2 is 1.73 bits per heavy atom. The molecule has 0 fully saturated rings. The van der Waals surface area contributed by atoms with Crippen LogP contribution in [0.4, 0.5) is 0 Å². The lowest BCUT2D eigenvalue weighted by atomic mass is 10.1. The number of carbonyl (C=O) groups excluding carboxylic acids is 1. The van der Waals surface area contributed by atoms with Crippen LogP contribution in [0.3, 0.4) is 0 Å². The topological polar surface area (TPSA) is 98.0 Å². The maximum atomic E-state index is 13.0. The number of fused-ring (bicyclic) bond motifs is 5. The van der Waals surface area contributed by atoms with Gasteiger partial charge in [-0.2, -0.15) is 0 Å². The highest BCUT2D eigenvalue weighted by Crippen LogP contribution is 2.47. The first-order chi connectivity index (χ1) is 12.5. The summed E-state index contributed by atoms with van der Waals surface area (Å²) in [5.74, 6) is -0.398. The molecule has 0 radical (unpaired) electrons. The van der Waals surface area contributed by atoms with Crippen molar-refractivity contribution in [2.75, 3.05) is 14.2 Å². The summed E-state index contributed by atoms with van der Waals surface area (Å²) in [5, 5.41) is 19.7. The van der Waals surface area contributed by atoms with Crippen molar-refractivity contribution in [1.29, 1.82) is 0 Å². The Bertz CT molecular complexity index is 1100. The molecule has 1 aliphatic rings. The molecule has 1 aliphatic carbocycles. The van der Waals surface area contributed by atoms with Crippen molar-refractivity contribution in [1.82, 2.24) is 4.57 Å². The van der Waals surface area contributed by atoms with E-state index in [1.165, 1.54) is 26.4 Å². The van der Waals surface area contributed by atoms with Crippen molar-refractivity contribution in [3.05, 3.63) is 41.5 Å². The van der Waals surface area contributed by atoms with Crippen LogP contribution < -0.4 is 9.47 Å². The molecule has 1 aromatic heterocycles. The standard InChI is InChI=1S/C19H15NO6/c1-25-14-6-10-11(7-15(14)26-2)19(24)17-12-5-9(21)3-4-13(12)20(18(10)17)8-16(22)23/h3-7,21H,8H2,1-2H3,(H,22,23). The van der Waals surface area contributed by atoms with Crippen LogP contribution in [0.5, 0.6) is 17.2 Å². The van der Waals surface area contributed by atoms with Gasteiger partial charge in [0.25, 0.3) is 0 Å². The van der Waals surface area contributed by atoms with E-state index in [-0.39, 0.29) is 18.1 Å². The monoisotopic (exact) mass is 353 g/mol. The SMILES string of the molecule is COc1cc2c(cc1OC)-c1c(c3cc(O)ccc3n1CC(=O)O)C2=O. The third-order valence-electron chi connectivity index (χ3n) is 4.59. The highest BCUT2D eigenvalue weighted by atomic mass is 16.5. The van der Waals surface area contributed by atoms with Gasteiger partial charge in [0.05, 0.1) is 31.0 Å². The second-order valence-corrected chi connectivity index (χ2v) is 5.99. The molecule has 7 heteroatoms. The van der Waals surface area contributed by atoms with Gasteiger partial charge in [-0.3, -0.25) is 9.59 Å². The van der Waals surface area contributed by atoms with Crippen LogP contribution in [0.15, 0.2) is 30.3 Å². The Morgan fingerprint density at radius 1 is 1.08 bits per heavy atom. The number of aliphatic carboxylic acids is 1. The quantitative estimate of drug-likeness (QED) is 0.585. The number of phenols is 1. The summed E-state index contributed by atoms with van der Waals surface area (Å²) >= 11 is 0. The van der Waals surface area contributed by atoms with Gasteiger partial charge in [0.2, 0.25) is 0 Å². The predicted molar refractivity (Wildman–Crippen MR) is 93.2 cm³/mol. The summed E-state index contributed by atoms with van der Waals surface area (Å²) in [5.41, 5.74) is 2.46. The molecule has 26 heavy (non-hydrogen) atoms. The zero-order valence-corrected chi connectivity index (χ0v) is 14.1. The number of ketones is 1. The average Bonchev–Trinajstić information content (AvgIpc) is 3.07. The number of ether oxygens (including phenoxy) is 2. The molecule has 0 atom stereocenters. The maximum Gasteiger partial charge on any atom is 0.323 e. The maximum absolute atomic E-state index is 13.0. The van der Waals surface area contributed by atoms with E-state index in [9.17, 15) is 19.8 Å². The first-order valence-corrected chi connectivity index (χ1v) is 7.84. The molecule has 0 unspecified atom stereocenters. The zero-order chi connectivity index (χ0) is 18.6. The molecule has 132 valence electrons. The van der Waals surface area contributed by atoms with Gasteiger partial charge in [-0.05, 0) is 30.3 Å². The molecule has 0 amide bonds. The molecule has 0 spiro atoms. The van der Waals surface area contributed by atoms with Gasteiger partial charge >= 0.3 is 5.97 Å². The fraction of sp³-hybridized carbons (Fsp3) is 0.158. The van der Waals surface area contributed by atoms with Crippen LogP contribution in [-0.4, -0.2) is 40.8 Å². The van der Waals surface area contributed by atoms with E-state index in [1.54, 1.807) is 22.8 Å². The summed E-state index contributed by atoms with van der Waals surface area (Å²) in [6.07, 6.45) is 0. The number of carboxylic acids is 1. The number of rotatable bonds is 4. The Morgan fingerprint density at radius 3 is 2.35 bits per heavy atom. The van der Waals surface area contributed by atoms with Gasteiger partial charge in [0, 0.05) is 16.5 Å². The lowest BCUT2D eigenvalue weighted by Gasteiger charge is -2.12. The van der Waals surface area contributed by atoms with Crippen molar-refractivity contribution in [2.45, 2.75) is 6.54 Å². The van der Waals surface area contributed by atoms with E-state index in [2.05, 4.69) is 0 Å². The molecule has 1 heterocycles. The molecule has 7 nitrogen and oxygen atoms in total. The van der Waals surface area contributed by atoms with E-state index in [4.69, 9.17) is 9.47 Å². The van der Waals surface area contributed by atoms with E-state index in [0.29, 0.717) is 44.8 Å². The number of carboxylic acid groups (broad SMARTS) is 1. The molecule has 2 N–H and O–H groups in total. The van der Waals surface area contributed by atoms with Gasteiger partial charge in [-0.25, -0.2) is 0 Å². The number of hydrogen-bond donors (Lipinski definition) is 2. The molecule has 0 bridgehead atoms. The molecule has 3 aromatic rings. The first-order valence-electron chi connectivity index (χ1n) is 7.84. The van der Waals surface area contributed by atoms with Crippen molar-refractivity contribution in [2.24, 2.45) is 0 Å². The fourth-order valence-corrected chi connectivity index (χ4v) is 3.55. The summed E-state index contributed by atoms with van der Waals surface area (Å²) in [6, 6.07) is 7.82. The van der Waals surface area contributed by atoms with Crippen LogP contribution >= 0.6 is 0 Å². The van der Waals surface area contributed by atoms with Gasteiger partial charge in [-0.1, -0.05) is 0 Å². The van der Waals surface area contributed by atoms with Crippen LogP contribution in [0, 0.1) is 0 Å². The summed E-state index contributed by atoms with van der Waals surface area (Å²) < 4.78 is 12.2. The van der Waals surface area contributed by atoms with E-state index in [1.807, 2.05) is 0 Å². The molecule has 0 aliphatic heterocycles. The van der Waals surface area contributed by atoms with Gasteiger partial charge in [0.15, 0.2) is 17.3 Å². The van der Waals surface area contributed by atoms with E-state index in [0.717, 1.165) is 0 Å². The Hall–Kier alpha value is -3.48. The molecular weight excluding hydrogens is 338 g/mol. The normalized spacial score (nSPS) is 12.2. The summed E-state index contributed by atoms with van der Waals surface area (Å²) in [4.78, 5) is 24.4. The van der Waals surface area contributed by atoms with Gasteiger partial charge in [-0.15, -0.1) is 0 Å². The number of phenolic OH excluding ortho intramolecular Hbond substituents is 1. The van der Waals surface area contributed by atoms with Crippen LogP contribution in [0.25, 0.3) is 22.2 Å². The van der Waals surface area contributed by atoms with E-state index >= 15 is 0 Å². The lowest BCUT2D eigenvalue weighted by molar-refractivity contribution is -0.137. The lowest BCUT2D eigenvalue weighted by Crippen LogP contribution is -2.09. The summed E-state index contributed by atoms with van der Waals surface area (Å²) in [6.45, 7) is -0.308. The second-order valence-electron chi connectivity index (χ2n) is 5.99. The van der Waals surface area contributed by atoms with Crippen LogP contribution in [0.2, 0.25) is 0 Å².